The summed E-state index contributed by atoms with van der Waals surface area (Å²) < 4.78 is 16.1. The number of phenolic OH excluding ortho intramolecular Hbond substituents is 1. The number of ether oxygens (including phenoxy) is 3. The van der Waals surface area contributed by atoms with Gasteiger partial charge >= 0.3 is 5.97 Å². The Kier molecular flexibility index (Phi) is 8.93. The molecule has 0 radical (unpaired) electrons. The zero-order valence-electron chi connectivity index (χ0n) is 15.4. The maximum atomic E-state index is 12.1. The molecule has 1 N–H and O–H groups in total. The minimum Gasteiger partial charge on any atom is -0.508 e. The van der Waals surface area contributed by atoms with Crippen LogP contribution in [-0.4, -0.2) is 44.1 Å². The van der Waals surface area contributed by atoms with E-state index in [-0.39, 0.29) is 18.3 Å². The molecular formula is C21H28O5. The number of aromatic hydroxyl groups is 1. The van der Waals surface area contributed by atoms with Gasteiger partial charge < -0.3 is 19.3 Å². The summed E-state index contributed by atoms with van der Waals surface area (Å²) >= 11 is 0. The van der Waals surface area contributed by atoms with Crippen LogP contribution in [0.15, 0.2) is 36.4 Å². The van der Waals surface area contributed by atoms with E-state index in [1.165, 1.54) is 19.3 Å². The zero-order valence-corrected chi connectivity index (χ0v) is 15.4. The number of carbonyl (C=O) groups excluding carboxylic acids is 1. The number of unbranched alkanes of at least 4 members (excludes halogenated alkanes) is 3. The van der Waals surface area contributed by atoms with E-state index in [1.807, 2.05) is 0 Å². The molecule has 0 aromatic heterocycles. The molecule has 5 nitrogen and oxygen atoms in total. The molecule has 0 spiro atoms. The molecule has 5 heteroatoms. The number of rotatable bonds is 12. The summed E-state index contributed by atoms with van der Waals surface area (Å²) in [6.45, 7) is 4.60. The van der Waals surface area contributed by atoms with Crippen LogP contribution >= 0.6 is 0 Å². The molecule has 0 aliphatic heterocycles. The van der Waals surface area contributed by atoms with Crippen LogP contribution in [0.25, 0.3) is 10.8 Å². The third-order valence-electron chi connectivity index (χ3n) is 4.03. The van der Waals surface area contributed by atoms with Gasteiger partial charge in [0.2, 0.25) is 0 Å². The number of hydrogen-bond donors (Lipinski definition) is 1. The van der Waals surface area contributed by atoms with Crippen LogP contribution in [-0.2, 0) is 14.2 Å². The van der Waals surface area contributed by atoms with E-state index in [1.54, 1.807) is 36.4 Å². The molecule has 0 unspecified atom stereocenters. The average Bonchev–Trinajstić information content (AvgIpc) is 2.65. The Morgan fingerprint density at radius 3 is 2.35 bits per heavy atom. The van der Waals surface area contributed by atoms with Crippen LogP contribution in [0.4, 0.5) is 0 Å². The second kappa shape index (κ2) is 11.5. The van der Waals surface area contributed by atoms with Crippen LogP contribution in [0.2, 0.25) is 0 Å². The van der Waals surface area contributed by atoms with Gasteiger partial charge in [0.25, 0.3) is 0 Å². The largest absolute Gasteiger partial charge is 0.508 e. The monoisotopic (exact) mass is 360 g/mol. The van der Waals surface area contributed by atoms with Crippen molar-refractivity contribution in [2.24, 2.45) is 0 Å². The van der Waals surface area contributed by atoms with Crippen molar-refractivity contribution in [3.8, 4) is 5.75 Å². The maximum absolute atomic E-state index is 12.1. The third kappa shape index (κ3) is 7.02. The summed E-state index contributed by atoms with van der Waals surface area (Å²) in [7, 11) is 0. The summed E-state index contributed by atoms with van der Waals surface area (Å²) in [6.07, 6.45) is 4.79. The highest BCUT2D eigenvalue weighted by Gasteiger charge is 2.08. The topological polar surface area (TPSA) is 65.0 Å². The molecule has 26 heavy (non-hydrogen) atoms. The van der Waals surface area contributed by atoms with Gasteiger partial charge in [0, 0.05) is 6.61 Å². The minimum atomic E-state index is -0.379. The van der Waals surface area contributed by atoms with Gasteiger partial charge in [-0.1, -0.05) is 38.3 Å². The molecular weight excluding hydrogens is 332 g/mol. The van der Waals surface area contributed by atoms with Crippen molar-refractivity contribution >= 4 is 16.7 Å². The number of carbonyl (C=O) groups is 1. The summed E-state index contributed by atoms with van der Waals surface area (Å²) in [6, 6.07) is 10.3. The predicted octanol–water partition coefficient (Wildman–Crippen LogP) is 4.32. The number of benzene rings is 2. The van der Waals surface area contributed by atoms with Crippen molar-refractivity contribution in [1.82, 2.24) is 0 Å². The standard InChI is InChI=1S/C21H28O5/c1-2-3-4-5-10-24-11-12-25-13-14-26-21(23)19-7-6-18-16-20(22)9-8-17(18)15-19/h6-9,15-16,22H,2-5,10-14H2,1H3. The van der Waals surface area contributed by atoms with E-state index in [0.29, 0.717) is 25.4 Å². The van der Waals surface area contributed by atoms with Gasteiger partial charge in [0.15, 0.2) is 0 Å². The van der Waals surface area contributed by atoms with Gasteiger partial charge in [-0.25, -0.2) is 4.79 Å². The summed E-state index contributed by atoms with van der Waals surface area (Å²) in [4.78, 5) is 12.1. The lowest BCUT2D eigenvalue weighted by Gasteiger charge is -2.08. The van der Waals surface area contributed by atoms with Crippen LogP contribution < -0.4 is 0 Å². The van der Waals surface area contributed by atoms with Gasteiger partial charge in [0.05, 0.1) is 25.4 Å². The molecule has 142 valence electrons. The molecule has 0 aliphatic carbocycles. The van der Waals surface area contributed by atoms with E-state index in [4.69, 9.17) is 14.2 Å². The van der Waals surface area contributed by atoms with Gasteiger partial charge in [-0.3, -0.25) is 0 Å². The Balaban J connectivity index is 1.58. The lowest BCUT2D eigenvalue weighted by molar-refractivity contribution is 0.0142. The summed E-state index contributed by atoms with van der Waals surface area (Å²) in [5.41, 5.74) is 0.485. The lowest BCUT2D eigenvalue weighted by Crippen LogP contribution is -2.13. The van der Waals surface area contributed by atoms with Gasteiger partial charge in [-0.15, -0.1) is 0 Å². The predicted molar refractivity (Wildman–Crippen MR) is 102 cm³/mol. The second-order valence-corrected chi connectivity index (χ2v) is 6.17. The zero-order chi connectivity index (χ0) is 18.6. The van der Waals surface area contributed by atoms with Gasteiger partial charge in [-0.05, 0) is 41.5 Å². The van der Waals surface area contributed by atoms with Gasteiger partial charge in [0.1, 0.15) is 12.4 Å². The normalized spacial score (nSPS) is 11.0. The number of hydrogen-bond acceptors (Lipinski definition) is 5. The van der Waals surface area contributed by atoms with Crippen molar-refractivity contribution in [2.45, 2.75) is 32.6 Å². The quantitative estimate of drug-likeness (QED) is 0.451. The summed E-state index contributed by atoms with van der Waals surface area (Å²) in [5, 5.41) is 11.2. The Bertz CT molecular complexity index is 683. The highest BCUT2D eigenvalue weighted by Crippen LogP contribution is 2.21. The molecule has 2 aromatic carbocycles. The van der Waals surface area contributed by atoms with E-state index in [9.17, 15) is 9.90 Å². The lowest BCUT2D eigenvalue weighted by atomic mass is 10.1. The van der Waals surface area contributed by atoms with Crippen molar-refractivity contribution in [3.63, 3.8) is 0 Å². The van der Waals surface area contributed by atoms with Crippen molar-refractivity contribution in [3.05, 3.63) is 42.0 Å². The first-order valence-corrected chi connectivity index (χ1v) is 9.26. The molecule has 0 amide bonds. The second-order valence-electron chi connectivity index (χ2n) is 6.17. The Morgan fingerprint density at radius 2 is 1.54 bits per heavy atom. The molecule has 2 rings (SSSR count). The first-order valence-electron chi connectivity index (χ1n) is 9.26. The number of esters is 1. The highest BCUT2D eigenvalue weighted by atomic mass is 16.6. The molecule has 0 saturated heterocycles. The first kappa shape index (κ1) is 20.2. The van der Waals surface area contributed by atoms with Crippen LogP contribution in [0.5, 0.6) is 5.75 Å². The molecule has 0 bridgehead atoms. The van der Waals surface area contributed by atoms with Crippen molar-refractivity contribution in [1.29, 1.82) is 0 Å². The van der Waals surface area contributed by atoms with Crippen LogP contribution in [0.3, 0.4) is 0 Å². The van der Waals surface area contributed by atoms with Gasteiger partial charge in [-0.2, -0.15) is 0 Å². The highest BCUT2D eigenvalue weighted by molar-refractivity contribution is 5.95. The minimum absolute atomic E-state index is 0.204. The number of phenols is 1. The first-order chi connectivity index (χ1) is 12.7. The Hall–Kier alpha value is -2.11. The molecule has 2 aromatic rings. The fourth-order valence-corrected chi connectivity index (χ4v) is 2.59. The fourth-order valence-electron chi connectivity index (χ4n) is 2.59. The van der Waals surface area contributed by atoms with Crippen LogP contribution in [0, 0.1) is 0 Å². The van der Waals surface area contributed by atoms with Crippen LogP contribution in [0.1, 0.15) is 43.0 Å². The maximum Gasteiger partial charge on any atom is 0.338 e. The Morgan fingerprint density at radius 1 is 0.846 bits per heavy atom. The molecule has 0 saturated carbocycles. The fraction of sp³-hybridized carbons (Fsp3) is 0.476. The Labute approximate surface area is 154 Å². The van der Waals surface area contributed by atoms with E-state index in [2.05, 4.69) is 6.92 Å². The van der Waals surface area contributed by atoms with E-state index < -0.39 is 0 Å². The third-order valence-corrected chi connectivity index (χ3v) is 4.03. The average molecular weight is 360 g/mol. The van der Waals surface area contributed by atoms with E-state index in [0.717, 1.165) is 23.8 Å². The number of fused-ring (bicyclic) bond motifs is 1. The molecule has 0 fully saturated rings. The summed E-state index contributed by atoms with van der Waals surface area (Å²) in [5.74, 6) is -0.175. The molecule has 0 atom stereocenters. The molecule has 0 aliphatic rings. The molecule has 0 heterocycles. The van der Waals surface area contributed by atoms with E-state index >= 15 is 0 Å². The smallest absolute Gasteiger partial charge is 0.338 e. The van der Waals surface area contributed by atoms with Crippen molar-refractivity contribution < 1.29 is 24.1 Å². The SMILES string of the molecule is CCCCCCOCCOCCOC(=O)c1ccc2cc(O)ccc2c1. The van der Waals surface area contributed by atoms with Crippen molar-refractivity contribution in [2.75, 3.05) is 33.0 Å².